The third-order valence-corrected chi connectivity index (χ3v) is 5.68. The molecule has 0 aliphatic carbocycles. The first-order valence-corrected chi connectivity index (χ1v) is 8.08. The zero-order chi connectivity index (χ0) is 14.9. The highest BCUT2D eigenvalue weighted by molar-refractivity contribution is 7.86. The van der Waals surface area contributed by atoms with Crippen molar-refractivity contribution in [1.29, 1.82) is 0 Å². The van der Waals surface area contributed by atoms with Crippen LogP contribution in [-0.4, -0.2) is 58.6 Å². The lowest BCUT2D eigenvalue weighted by atomic mass is 10.0. The van der Waals surface area contributed by atoms with Crippen LogP contribution in [0.5, 0.6) is 0 Å². The van der Waals surface area contributed by atoms with Crippen LogP contribution in [0, 0.1) is 0 Å². The summed E-state index contributed by atoms with van der Waals surface area (Å²) in [7, 11) is 1.43. The predicted molar refractivity (Wildman–Crippen MR) is 75.1 cm³/mol. The zero-order valence-corrected chi connectivity index (χ0v) is 12.9. The molecule has 0 bridgehead atoms. The Morgan fingerprint density at radius 3 is 2.80 bits per heavy atom. The van der Waals surface area contributed by atoms with Crippen LogP contribution < -0.4 is 0 Å². The molecular formula is C12H22N4O3S. The van der Waals surface area contributed by atoms with Crippen molar-refractivity contribution in [2.24, 2.45) is 7.05 Å². The summed E-state index contributed by atoms with van der Waals surface area (Å²) in [6, 6.07) is -0.155. The number of aryl methyl sites for hydroxylation is 1. The SMILES string of the molecule is CN(C)S(=O)(=O)N1CCCC1CC(O)c1cnn(C)c1. The van der Waals surface area contributed by atoms with Gasteiger partial charge in [0.1, 0.15) is 0 Å². The van der Waals surface area contributed by atoms with E-state index in [4.69, 9.17) is 0 Å². The number of hydrogen-bond acceptors (Lipinski definition) is 4. The van der Waals surface area contributed by atoms with Gasteiger partial charge in [0.05, 0.1) is 12.3 Å². The Hall–Kier alpha value is -0.960. The Balaban J connectivity index is 2.09. The highest BCUT2D eigenvalue weighted by Crippen LogP contribution is 2.29. The average Bonchev–Trinajstić information content (AvgIpc) is 2.97. The molecule has 1 aliphatic rings. The molecule has 7 nitrogen and oxygen atoms in total. The lowest BCUT2D eigenvalue weighted by Gasteiger charge is -2.28. The van der Waals surface area contributed by atoms with Crippen molar-refractivity contribution < 1.29 is 13.5 Å². The maximum Gasteiger partial charge on any atom is 0.281 e. The molecule has 20 heavy (non-hydrogen) atoms. The van der Waals surface area contributed by atoms with E-state index >= 15 is 0 Å². The van der Waals surface area contributed by atoms with E-state index in [1.807, 2.05) is 0 Å². The van der Waals surface area contributed by atoms with E-state index in [1.54, 1.807) is 24.1 Å². The predicted octanol–water partition coefficient (Wildman–Crippen LogP) is 0.114. The molecule has 2 rings (SSSR count). The summed E-state index contributed by atoms with van der Waals surface area (Å²) in [4.78, 5) is 0. The summed E-state index contributed by atoms with van der Waals surface area (Å²) in [5.74, 6) is 0. The van der Waals surface area contributed by atoms with Crippen LogP contribution >= 0.6 is 0 Å². The standard InChI is InChI=1S/C12H22N4O3S/c1-14(2)20(18,19)16-6-4-5-11(16)7-12(17)10-8-13-15(3)9-10/h8-9,11-12,17H,4-7H2,1-3H3. The molecule has 0 spiro atoms. The molecule has 114 valence electrons. The minimum absolute atomic E-state index is 0.155. The molecule has 1 fully saturated rings. The Morgan fingerprint density at radius 2 is 2.25 bits per heavy atom. The van der Waals surface area contributed by atoms with Gasteiger partial charge in [0.25, 0.3) is 10.2 Å². The van der Waals surface area contributed by atoms with Gasteiger partial charge in [-0.25, -0.2) is 0 Å². The first kappa shape index (κ1) is 15.4. The number of nitrogens with zero attached hydrogens (tertiary/aromatic N) is 4. The van der Waals surface area contributed by atoms with Crippen LogP contribution in [0.15, 0.2) is 12.4 Å². The Morgan fingerprint density at radius 1 is 1.55 bits per heavy atom. The highest BCUT2D eigenvalue weighted by Gasteiger charge is 2.36. The van der Waals surface area contributed by atoms with Gasteiger partial charge in [0.15, 0.2) is 0 Å². The maximum atomic E-state index is 12.2. The van der Waals surface area contributed by atoms with Crippen LogP contribution in [-0.2, 0) is 17.3 Å². The second-order valence-electron chi connectivity index (χ2n) is 5.40. The largest absolute Gasteiger partial charge is 0.388 e. The van der Waals surface area contributed by atoms with E-state index in [1.165, 1.54) is 22.7 Å². The Labute approximate surface area is 120 Å². The van der Waals surface area contributed by atoms with Crippen molar-refractivity contribution >= 4 is 10.2 Å². The fourth-order valence-electron chi connectivity index (χ4n) is 2.56. The lowest BCUT2D eigenvalue weighted by Crippen LogP contribution is -2.43. The topological polar surface area (TPSA) is 78.7 Å². The summed E-state index contributed by atoms with van der Waals surface area (Å²) in [5, 5.41) is 14.3. The summed E-state index contributed by atoms with van der Waals surface area (Å²) in [6.07, 6.45) is 4.70. The first-order valence-electron chi connectivity index (χ1n) is 6.68. The van der Waals surface area contributed by atoms with Gasteiger partial charge < -0.3 is 5.11 Å². The third kappa shape index (κ3) is 3.03. The molecule has 0 aromatic carbocycles. The number of rotatable bonds is 5. The summed E-state index contributed by atoms with van der Waals surface area (Å²) >= 11 is 0. The van der Waals surface area contributed by atoms with Crippen LogP contribution in [0.3, 0.4) is 0 Å². The average molecular weight is 302 g/mol. The quantitative estimate of drug-likeness (QED) is 0.837. The van der Waals surface area contributed by atoms with Gasteiger partial charge in [-0.1, -0.05) is 0 Å². The fraction of sp³-hybridized carbons (Fsp3) is 0.750. The van der Waals surface area contributed by atoms with E-state index in [0.717, 1.165) is 18.4 Å². The van der Waals surface area contributed by atoms with Crippen molar-refractivity contribution in [3.05, 3.63) is 18.0 Å². The molecule has 2 heterocycles. The van der Waals surface area contributed by atoms with Crippen molar-refractivity contribution in [3.63, 3.8) is 0 Å². The molecule has 1 saturated heterocycles. The monoisotopic (exact) mass is 302 g/mol. The van der Waals surface area contributed by atoms with Crippen molar-refractivity contribution in [3.8, 4) is 0 Å². The second kappa shape index (κ2) is 5.80. The van der Waals surface area contributed by atoms with E-state index in [2.05, 4.69) is 5.10 Å². The molecule has 0 saturated carbocycles. The van der Waals surface area contributed by atoms with E-state index in [0.29, 0.717) is 13.0 Å². The minimum atomic E-state index is -3.41. The smallest absolute Gasteiger partial charge is 0.281 e. The minimum Gasteiger partial charge on any atom is -0.388 e. The molecule has 1 aliphatic heterocycles. The summed E-state index contributed by atoms with van der Waals surface area (Å²) < 4.78 is 28.8. The molecule has 2 atom stereocenters. The Kier molecular flexibility index (Phi) is 4.48. The molecule has 1 aromatic rings. The molecule has 1 N–H and O–H groups in total. The van der Waals surface area contributed by atoms with Crippen molar-refractivity contribution in [2.45, 2.75) is 31.4 Å². The van der Waals surface area contributed by atoms with Crippen molar-refractivity contribution in [1.82, 2.24) is 18.4 Å². The van der Waals surface area contributed by atoms with Crippen LogP contribution in [0.25, 0.3) is 0 Å². The van der Waals surface area contributed by atoms with Gasteiger partial charge in [0, 0.05) is 45.5 Å². The number of hydrogen-bond donors (Lipinski definition) is 1. The number of aliphatic hydroxyl groups excluding tert-OH is 1. The van der Waals surface area contributed by atoms with Gasteiger partial charge in [-0.15, -0.1) is 0 Å². The molecule has 2 unspecified atom stereocenters. The highest BCUT2D eigenvalue weighted by atomic mass is 32.2. The second-order valence-corrected chi connectivity index (χ2v) is 7.49. The lowest BCUT2D eigenvalue weighted by molar-refractivity contribution is 0.141. The van der Waals surface area contributed by atoms with Crippen molar-refractivity contribution in [2.75, 3.05) is 20.6 Å². The van der Waals surface area contributed by atoms with Gasteiger partial charge in [-0.2, -0.15) is 22.1 Å². The van der Waals surface area contributed by atoms with Gasteiger partial charge >= 0.3 is 0 Å². The first-order chi connectivity index (χ1) is 9.32. The number of aliphatic hydroxyl groups is 1. The Bertz CT molecular complexity index is 555. The van der Waals surface area contributed by atoms with Crippen LogP contribution in [0.2, 0.25) is 0 Å². The van der Waals surface area contributed by atoms with E-state index < -0.39 is 16.3 Å². The molecule has 1 aromatic heterocycles. The van der Waals surface area contributed by atoms with Crippen LogP contribution in [0.4, 0.5) is 0 Å². The molecule has 8 heteroatoms. The van der Waals surface area contributed by atoms with Gasteiger partial charge in [0.2, 0.25) is 0 Å². The molecule has 0 amide bonds. The fourth-order valence-corrected chi connectivity index (χ4v) is 3.91. The molecular weight excluding hydrogens is 280 g/mol. The molecule has 0 radical (unpaired) electrons. The summed E-state index contributed by atoms with van der Waals surface area (Å²) in [6.45, 7) is 0.519. The number of aromatic nitrogens is 2. The maximum absolute atomic E-state index is 12.2. The zero-order valence-electron chi connectivity index (χ0n) is 12.1. The summed E-state index contributed by atoms with van der Waals surface area (Å²) in [5.41, 5.74) is 0.724. The third-order valence-electron chi connectivity index (χ3n) is 3.69. The van der Waals surface area contributed by atoms with Gasteiger partial charge in [-0.3, -0.25) is 4.68 Å². The van der Waals surface area contributed by atoms with Gasteiger partial charge in [-0.05, 0) is 19.3 Å². The normalized spacial score (nSPS) is 22.6. The van der Waals surface area contributed by atoms with Crippen LogP contribution in [0.1, 0.15) is 30.9 Å². The van der Waals surface area contributed by atoms with E-state index in [-0.39, 0.29) is 6.04 Å². The van der Waals surface area contributed by atoms with E-state index in [9.17, 15) is 13.5 Å².